The van der Waals surface area contributed by atoms with Gasteiger partial charge in [0.1, 0.15) is 0 Å². The normalized spacial score (nSPS) is 11.8. The smallest absolute Gasteiger partial charge is 0.241 e. The number of nitrogens with zero attached hydrogens (tertiary/aromatic N) is 1. The lowest BCUT2D eigenvalue weighted by atomic mass is 10.4. The Labute approximate surface area is 122 Å². The second-order valence-electron chi connectivity index (χ2n) is 4.23. The lowest BCUT2D eigenvalue weighted by Crippen LogP contribution is -2.22. The lowest BCUT2D eigenvalue weighted by molar-refractivity contribution is 0.380. The van der Waals surface area contributed by atoms with Gasteiger partial charge in [-0.3, -0.25) is 0 Å². The predicted molar refractivity (Wildman–Crippen MR) is 76.8 cm³/mol. The molecule has 0 spiro atoms. The molecule has 0 amide bonds. The zero-order valence-corrected chi connectivity index (χ0v) is 12.8. The average molecular weight is 315 g/mol. The molecule has 2 aromatic heterocycles. The van der Waals surface area contributed by atoms with Crippen LogP contribution in [0.4, 0.5) is 0 Å². The van der Waals surface area contributed by atoms with Crippen molar-refractivity contribution in [3.8, 4) is 0 Å². The fourth-order valence-electron chi connectivity index (χ4n) is 1.57. The number of rotatable bonds is 8. The molecule has 0 aromatic carbocycles. The highest BCUT2D eigenvalue weighted by atomic mass is 32.2. The van der Waals surface area contributed by atoms with E-state index in [4.69, 9.17) is 4.52 Å². The molecule has 0 aliphatic rings. The first kappa shape index (κ1) is 15.2. The summed E-state index contributed by atoms with van der Waals surface area (Å²) in [6, 6.07) is 3.31. The van der Waals surface area contributed by atoms with Crippen LogP contribution in [-0.2, 0) is 23.1 Å². The van der Waals surface area contributed by atoms with Crippen LogP contribution >= 0.6 is 11.3 Å². The molecule has 0 radical (unpaired) electrons. The van der Waals surface area contributed by atoms with Crippen molar-refractivity contribution < 1.29 is 12.9 Å². The van der Waals surface area contributed by atoms with Crippen molar-refractivity contribution in [3.63, 3.8) is 0 Å². The summed E-state index contributed by atoms with van der Waals surface area (Å²) in [4.78, 5) is 1.29. The van der Waals surface area contributed by atoms with Crippen molar-refractivity contribution in [2.45, 2.75) is 31.3 Å². The summed E-state index contributed by atoms with van der Waals surface area (Å²) in [5.41, 5.74) is 0. The molecule has 2 aromatic rings. The van der Waals surface area contributed by atoms with Crippen LogP contribution in [0.25, 0.3) is 0 Å². The first-order valence-electron chi connectivity index (χ1n) is 6.29. The molecule has 0 unspecified atom stereocenters. The quantitative estimate of drug-likeness (QED) is 0.725. The number of hydrogen-bond donors (Lipinski definition) is 2. The van der Waals surface area contributed by atoms with E-state index < -0.39 is 10.0 Å². The highest BCUT2D eigenvalue weighted by Gasteiger charge is 2.16. The Kier molecular flexibility index (Phi) is 5.30. The van der Waals surface area contributed by atoms with Crippen LogP contribution in [0.2, 0.25) is 0 Å². The minimum Gasteiger partial charge on any atom is -0.360 e. The molecular formula is C12H17N3O3S2. The van der Waals surface area contributed by atoms with Crippen LogP contribution in [0.5, 0.6) is 0 Å². The van der Waals surface area contributed by atoms with E-state index in [-0.39, 0.29) is 11.4 Å². The summed E-state index contributed by atoms with van der Waals surface area (Å²) in [6.45, 7) is 3.80. The van der Waals surface area contributed by atoms with Crippen molar-refractivity contribution in [1.82, 2.24) is 15.2 Å². The molecule has 8 heteroatoms. The van der Waals surface area contributed by atoms with Gasteiger partial charge in [-0.2, -0.15) is 0 Å². The minimum absolute atomic E-state index is 0.0988. The predicted octanol–water partition coefficient (Wildman–Crippen LogP) is 1.71. The fourth-order valence-corrected chi connectivity index (χ4v) is 3.80. The molecule has 2 N–H and O–H groups in total. The molecule has 0 aliphatic carbocycles. The van der Waals surface area contributed by atoms with Gasteiger partial charge in [-0.15, -0.1) is 11.3 Å². The van der Waals surface area contributed by atoms with Crippen LogP contribution in [0.15, 0.2) is 33.1 Å². The molecular weight excluding hydrogens is 298 g/mol. The summed E-state index contributed by atoms with van der Waals surface area (Å²) in [6.07, 6.45) is 2.53. The zero-order chi connectivity index (χ0) is 14.4. The van der Waals surface area contributed by atoms with Crippen LogP contribution in [0, 0.1) is 0 Å². The van der Waals surface area contributed by atoms with Gasteiger partial charge in [-0.25, -0.2) is 13.1 Å². The molecule has 0 bridgehead atoms. The van der Waals surface area contributed by atoms with Crippen molar-refractivity contribution in [2.75, 3.05) is 6.54 Å². The van der Waals surface area contributed by atoms with Gasteiger partial charge >= 0.3 is 0 Å². The fraction of sp³-hybridized carbons (Fsp3) is 0.417. The minimum atomic E-state index is -3.50. The van der Waals surface area contributed by atoms with E-state index in [0.29, 0.717) is 12.3 Å². The van der Waals surface area contributed by atoms with Crippen LogP contribution in [-0.4, -0.2) is 20.1 Å². The van der Waals surface area contributed by atoms with Gasteiger partial charge in [0.2, 0.25) is 10.0 Å². The Morgan fingerprint density at radius 2 is 2.25 bits per heavy atom. The molecule has 0 saturated carbocycles. The number of hydrogen-bond acceptors (Lipinski definition) is 6. The topological polar surface area (TPSA) is 84.2 Å². The number of nitrogens with one attached hydrogen (secondary N) is 2. The Morgan fingerprint density at radius 1 is 1.40 bits per heavy atom. The van der Waals surface area contributed by atoms with Gasteiger partial charge in [0, 0.05) is 22.9 Å². The standard InChI is InChI=1S/C12H17N3O3S2/c1-2-4-13-8-11-6-12(9-19-11)20(16,17)15-7-10-3-5-14-18-10/h3,5-6,9,13,15H,2,4,7-8H2,1H3. The van der Waals surface area contributed by atoms with E-state index in [1.807, 2.05) is 0 Å². The summed E-state index contributed by atoms with van der Waals surface area (Å²) in [7, 11) is -3.50. The van der Waals surface area contributed by atoms with Crippen LogP contribution in [0.3, 0.4) is 0 Å². The van der Waals surface area contributed by atoms with Gasteiger partial charge in [0.25, 0.3) is 0 Å². The van der Waals surface area contributed by atoms with Crippen molar-refractivity contribution >= 4 is 21.4 Å². The molecule has 0 atom stereocenters. The highest BCUT2D eigenvalue weighted by Crippen LogP contribution is 2.19. The van der Waals surface area contributed by atoms with E-state index in [1.165, 1.54) is 17.5 Å². The molecule has 2 heterocycles. The molecule has 20 heavy (non-hydrogen) atoms. The third-order valence-corrected chi connectivity index (χ3v) is 5.06. The lowest BCUT2D eigenvalue weighted by Gasteiger charge is -2.02. The van der Waals surface area contributed by atoms with E-state index in [0.717, 1.165) is 17.8 Å². The van der Waals surface area contributed by atoms with E-state index in [2.05, 4.69) is 22.1 Å². The Hall–Kier alpha value is -1.22. The molecule has 2 rings (SSSR count). The van der Waals surface area contributed by atoms with Crippen molar-refractivity contribution in [3.05, 3.63) is 34.3 Å². The Morgan fingerprint density at radius 3 is 2.95 bits per heavy atom. The second-order valence-corrected chi connectivity index (χ2v) is 6.99. The SMILES string of the molecule is CCCNCc1cc(S(=O)(=O)NCc2ccno2)cs1. The number of thiophene rings is 1. The molecule has 110 valence electrons. The Bertz CT molecular complexity index is 620. The monoisotopic (exact) mass is 315 g/mol. The molecule has 0 aliphatic heterocycles. The Balaban J connectivity index is 1.95. The zero-order valence-electron chi connectivity index (χ0n) is 11.1. The van der Waals surface area contributed by atoms with Crippen molar-refractivity contribution in [1.29, 1.82) is 0 Å². The second kappa shape index (κ2) is 6.98. The van der Waals surface area contributed by atoms with Gasteiger partial charge in [-0.1, -0.05) is 12.1 Å². The third kappa shape index (κ3) is 4.14. The maximum atomic E-state index is 12.1. The molecule has 6 nitrogen and oxygen atoms in total. The van der Waals surface area contributed by atoms with Gasteiger partial charge < -0.3 is 9.84 Å². The molecule has 0 fully saturated rings. The average Bonchev–Trinajstić information content (AvgIpc) is 3.08. The summed E-state index contributed by atoms with van der Waals surface area (Å²) in [5, 5.41) is 8.41. The largest absolute Gasteiger partial charge is 0.360 e. The van der Waals surface area contributed by atoms with Gasteiger partial charge in [0.05, 0.1) is 17.6 Å². The van der Waals surface area contributed by atoms with Crippen LogP contribution < -0.4 is 10.0 Å². The highest BCUT2D eigenvalue weighted by molar-refractivity contribution is 7.89. The van der Waals surface area contributed by atoms with E-state index in [9.17, 15) is 8.42 Å². The number of aromatic nitrogens is 1. The van der Waals surface area contributed by atoms with Crippen LogP contribution in [0.1, 0.15) is 24.0 Å². The van der Waals surface area contributed by atoms with Crippen molar-refractivity contribution in [2.24, 2.45) is 0 Å². The summed E-state index contributed by atoms with van der Waals surface area (Å²) < 4.78 is 31.5. The maximum Gasteiger partial charge on any atom is 0.241 e. The van der Waals surface area contributed by atoms with E-state index in [1.54, 1.807) is 17.5 Å². The number of sulfonamides is 1. The van der Waals surface area contributed by atoms with Gasteiger partial charge in [-0.05, 0) is 19.0 Å². The first-order chi connectivity index (χ1) is 9.62. The van der Waals surface area contributed by atoms with Gasteiger partial charge in [0.15, 0.2) is 5.76 Å². The summed E-state index contributed by atoms with van der Waals surface area (Å²) >= 11 is 1.43. The third-order valence-electron chi connectivity index (χ3n) is 2.59. The molecule has 0 saturated heterocycles. The maximum absolute atomic E-state index is 12.1. The first-order valence-corrected chi connectivity index (χ1v) is 8.65. The van der Waals surface area contributed by atoms with E-state index >= 15 is 0 Å². The summed E-state index contributed by atoms with van der Waals surface area (Å²) in [5.74, 6) is 0.480.